The molecule has 1 fully saturated rings. The van der Waals surface area contributed by atoms with Crippen LogP contribution in [0.3, 0.4) is 0 Å². The Hall–Kier alpha value is -1.65. The van der Waals surface area contributed by atoms with Gasteiger partial charge in [-0.2, -0.15) is 0 Å². The summed E-state index contributed by atoms with van der Waals surface area (Å²) in [5, 5.41) is 0.702. The van der Waals surface area contributed by atoms with Crippen molar-refractivity contribution in [3.05, 3.63) is 40.9 Å². The molecule has 0 heterocycles. The molecule has 24 heavy (non-hydrogen) atoms. The summed E-state index contributed by atoms with van der Waals surface area (Å²) in [7, 11) is 5.19. The fourth-order valence-electron chi connectivity index (χ4n) is 2.44. The monoisotopic (exact) mass is 352 g/mol. The average molecular weight is 353 g/mol. The number of nitrogens with two attached hydrogens (primary N) is 1. The minimum absolute atomic E-state index is 0.324. The van der Waals surface area contributed by atoms with Gasteiger partial charge >= 0.3 is 0 Å². The van der Waals surface area contributed by atoms with Crippen molar-refractivity contribution in [3.63, 3.8) is 0 Å². The fraction of sp³-hybridized carbons (Fsp3) is 0.474. The van der Waals surface area contributed by atoms with Crippen LogP contribution in [0.25, 0.3) is 6.08 Å². The van der Waals surface area contributed by atoms with Crippen LogP contribution in [0.5, 0.6) is 0 Å². The van der Waals surface area contributed by atoms with E-state index >= 15 is 0 Å². The molecule has 1 saturated carbocycles. The van der Waals surface area contributed by atoms with Crippen molar-refractivity contribution in [2.45, 2.75) is 32.1 Å². The van der Waals surface area contributed by atoms with Gasteiger partial charge in [-0.05, 0) is 43.7 Å². The lowest BCUT2D eigenvalue weighted by Gasteiger charge is -2.23. The molecule has 134 valence electrons. The van der Waals surface area contributed by atoms with E-state index in [1.165, 1.54) is 32.4 Å². The Morgan fingerprint density at radius 2 is 1.67 bits per heavy atom. The van der Waals surface area contributed by atoms with Crippen LogP contribution >= 0.6 is 11.6 Å². The predicted octanol–water partition coefficient (Wildman–Crippen LogP) is 3.78. The molecule has 1 aliphatic rings. The van der Waals surface area contributed by atoms with Gasteiger partial charge in [0.2, 0.25) is 5.91 Å². The Morgan fingerprint density at radius 3 is 2.12 bits per heavy atom. The molecule has 1 aromatic rings. The van der Waals surface area contributed by atoms with Crippen LogP contribution in [0.4, 0.5) is 0 Å². The third-order valence-electron chi connectivity index (χ3n) is 3.63. The number of carbonyl (C=O) groups is 2. The quantitative estimate of drug-likeness (QED) is 0.665. The first-order valence-electron chi connectivity index (χ1n) is 8.21. The highest BCUT2D eigenvalue weighted by Crippen LogP contribution is 2.24. The molecule has 0 aromatic heterocycles. The standard InChI is InChI=1S/C9H7ClO.C9H17NO.CH5N/c10-9-5-3-8(4-6-9)2-1-7-11;1-10(2)9(11)8-6-4-3-5-7-8;1-2/h1-7H;8H,3-7H2,1-2H3;2H2,1H3/b2-1+;;. The summed E-state index contributed by atoms with van der Waals surface area (Å²) < 4.78 is 0. The molecule has 0 aliphatic heterocycles. The average Bonchev–Trinajstić information content (AvgIpc) is 2.63. The van der Waals surface area contributed by atoms with Crippen molar-refractivity contribution >= 4 is 29.9 Å². The van der Waals surface area contributed by atoms with Gasteiger partial charge in [0, 0.05) is 25.0 Å². The maximum Gasteiger partial charge on any atom is 0.225 e. The zero-order chi connectivity index (χ0) is 18.4. The van der Waals surface area contributed by atoms with Gasteiger partial charge in [0.25, 0.3) is 0 Å². The third kappa shape index (κ3) is 9.48. The molecule has 0 saturated heterocycles. The molecule has 0 unspecified atom stereocenters. The number of hydrogen-bond acceptors (Lipinski definition) is 3. The highest BCUT2D eigenvalue weighted by molar-refractivity contribution is 6.30. The van der Waals surface area contributed by atoms with Gasteiger partial charge in [-0.15, -0.1) is 0 Å². The van der Waals surface area contributed by atoms with Crippen LogP contribution in [0.1, 0.15) is 37.7 Å². The maximum absolute atomic E-state index is 11.4. The second-order valence-corrected chi connectivity index (χ2v) is 6.05. The van der Waals surface area contributed by atoms with Crippen molar-refractivity contribution < 1.29 is 9.59 Å². The normalized spacial score (nSPS) is 14.0. The summed E-state index contributed by atoms with van der Waals surface area (Å²) in [6.07, 6.45) is 9.93. The number of allylic oxidation sites excluding steroid dienone is 1. The van der Waals surface area contributed by atoms with Gasteiger partial charge in [0.05, 0.1) is 0 Å². The SMILES string of the molecule is CN.CN(C)C(=O)C1CCCCC1.O=C/C=C/c1ccc(Cl)cc1. The fourth-order valence-corrected chi connectivity index (χ4v) is 2.56. The first-order chi connectivity index (χ1) is 11.5. The highest BCUT2D eigenvalue weighted by atomic mass is 35.5. The Balaban J connectivity index is 0.000000400. The first kappa shape index (κ1) is 22.4. The Labute approximate surface area is 150 Å². The smallest absolute Gasteiger partial charge is 0.225 e. The van der Waals surface area contributed by atoms with Gasteiger partial charge in [-0.3, -0.25) is 9.59 Å². The van der Waals surface area contributed by atoms with Gasteiger partial charge in [-0.25, -0.2) is 0 Å². The molecule has 0 radical (unpaired) electrons. The van der Waals surface area contributed by atoms with E-state index in [1.807, 2.05) is 26.2 Å². The molecule has 1 amide bonds. The van der Waals surface area contributed by atoms with E-state index in [0.29, 0.717) is 16.8 Å². The van der Waals surface area contributed by atoms with Crippen LogP contribution in [0, 0.1) is 5.92 Å². The Bertz CT molecular complexity index is 493. The van der Waals surface area contributed by atoms with Gasteiger partial charge in [0.15, 0.2) is 0 Å². The molecule has 0 spiro atoms. The first-order valence-corrected chi connectivity index (χ1v) is 8.58. The van der Waals surface area contributed by atoms with Crippen molar-refractivity contribution in [1.82, 2.24) is 4.90 Å². The number of benzene rings is 1. The zero-order valence-corrected chi connectivity index (χ0v) is 15.6. The molecule has 2 N–H and O–H groups in total. The topological polar surface area (TPSA) is 63.4 Å². The minimum atomic E-state index is 0.324. The maximum atomic E-state index is 11.4. The number of aldehydes is 1. The van der Waals surface area contributed by atoms with E-state index in [4.69, 9.17) is 11.6 Å². The number of amides is 1. The summed E-state index contributed by atoms with van der Waals surface area (Å²) in [5.74, 6) is 0.656. The van der Waals surface area contributed by atoms with Crippen molar-refractivity contribution in [1.29, 1.82) is 0 Å². The van der Waals surface area contributed by atoms with E-state index in [1.54, 1.807) is 23.1 Å². The summed E-state index contributed by atoms with van der Waals surface area (Å²) in [4.78, 5) is 23.1. The van der Waals surface area contributed by atoms with E-state index in [2.05, 4.69) is 5.73 Å². The minimum Gasteiger partial charge on any atom is -0.349 e. The van der Waals surface area contributed by atoms with Crippen LogP contribution in [0.2, 0.25) is 5.02 Å². The molecule has 5 heteroatoms. The number of hydrogen-bond donors (Lipinski definition) is 1. The van der Waals surface area contributed by atoms with E-state index in [-0.39, 0.29) is 0 Å². The summed E-state index contributed by atoms with van der Waals surface area (Å²) >= 11 is 5.65. The van der Waals surface area contributed by atoms with E-state index in [0.717, 1.165) is 24.7 Å². The zero-order valence-electron chi connectivity index (χ0n) is 14.9. The van der Waals surface area contributed by atoms with Gasteiger partial charge < -0.3 is 10.6 Å². The lowest BCUT2D eigenvalue weighted by molar-refractivity contribution is -0.133. The second-order valence-electron chi connectivity index (χ2n) is 5.61. The summed E-state index contributed by atoms with van der Waals surface area (Å²) in [5.41, 5.74) is 5.47. The molecular formula is C19H29ClN2O2. The lowest BCUT2D eigenvalue weighted by Crippen LogP contribution is -2.30. The van der Waals surface area contributed by atoms with E-state index < -0.39 is 0 Å². The molecule has 1 aliphatic carbocycles. The molecule has 2 rings (SSSR count). The lowest BCUT2D eigenvalue weighted by atomic mass is 9.88. The number of rotatable bonds is 3. The summed E-state index contributed by atoms with van der Waals surface area (Å²) in [6.45, 7) is 0. The number of halogens is 1. The van der Waals surface area contributed by atoms with Crippen molar-refractivity contribution in [2.24, 2.45) is 11.7 Å². The Morgan fingerprint density at radius 1 is 1.12 bits per heavy atom. The Kier molecular flexibility index (Phi) is 12.8. The molecule has 0 bridgehead atoms. The van der Waals surface area contributed by atoms with Crippen molar-refractivity contribution in [3.8, 4) is 0 Å². The van der Waals surface area contributed by atoms with Crippen molar-refractivity contribution in [2.75, 3.05) is 21.1 Å². The van der Waals surface area contributed by atoms with Gasteiger partial charge in [-0.1, -0.05) is 49.1 Å². The highest BCUT2D eigenvalue weighted by Gasteiger charge is 2.21. The van der Waals surface area contributed by atoms with Gasteiger partial charge in [0.1, 0.15) is 6.29 Å². The molecule has 4 nitrogen and oxygen atoms in total. The van der Waals surface area contributed by atoms with Crippen LogP contribution in [0.15, 0.2) is 30.3 Å². The number of carbonyl (C=O) groups excluding carboxylic acids is 2. The van der Waals surface area contributed by atoms with Crippen LogP contribution in [-0.2, 0) is 9.59 Å². The largest absolute Gasteiger partial charge is 0.349 e. The predicted molar refractivity (Wildman–Crippen MR) is 102 cm³/mol. The van der Waals surface area contributed by atoms with E-state index in [9.17, 15) is 9.59 Å². The molecule has 1 aromatic carbocycles. The third-order valence-corrected chi connectivity index (χ3v) is 3.88. The second kappa shape index (κ2) is 13.8. The molecular weight excluding hydrogens is 324 g/mol. The summed E-state index contributed by atoms with van der Waals surface area (Å²) in [6, 6.07) is 7.27. The number of nitrogens with zero attached hydrogens (tertiary/aromatic N) is 1. The van der Waals surface area contributed by atoms with Crippen LogP contribution < -0.4 is 5.73 Å². The van der Waals surface area contributed by atoms with Crippen LogP contribution in [-0.4, -0.2) is 38.2 Å². The molecule has 0 atom stereocenters.